The molecule has 0 radical (unpaired) electrons. The lowest BCUT2D eigenvalue weighted by molar-refractivity contribution is -0.151. The summed E-state index contributed by atoms with van der Waals surface area (Å²) < 4.78 is 0. The maximum atomic E-state index is 11.8. The van der Waals surface area contributed by atoms with Crippen molar-refractivity contribution in [1.29, 1.82) is 0 Å². The van der Waals surface area contributed by atoms with Crippen LogP contribution in [0.3, 0.4) is 0 Å². The molecule has 8 nitrogen and oxygen atoms in total. The van der Waals surface area contributed by atoms with Gasteiger partial charge >= 0.3 is 0 Å². The lowest BCUT2D eigenvalue weighted by atomic mass is 10.1. The second-order valence-electron chi connectivity index (χ2n) is 6.65. The van der Waals surface area contributed by atoms with Gasteiger partial charge in [0, 0.05) is 38.5 Å². The lowest BCUT2D eigenvalue weighted by Gasteiger charge is -2.12. The lowest BCUT2D eigenvalue weighted by Crippen LogP contribution is -2.35. The van der Waals surface area contributed by atoms with Crippen molar-refractivity contribution in [2.75, 3.05) is 0 Å². The number of carbonyl (C=O) groups is 6. The van der Waals surface area contributed by atoms with E-state index in [0.717, 1.165) is 35.5 Å². The molecule has 2 fully saturated rings. The molecule has 0 bridgehead atoms. The number of nitrogens with zero attached hydrogens (tertiary/aromatic N) is 2. The monoisotopic (exact) mass is 364 g/mol. The third kappa shape index (κ3) is 5.06. The molecule has 0 aliphatic carbocycles. The van der Waals surface area contributed by atoms with Crippen LogP contribution in [-0.2, 0) is 28.8 Å². The van der Waals surface area contributed by atoms with E-state index in [-0.39, 0.29) is 38.5 Å². The molecular formula is C18H24N2O6. The fourth-order valence-corrected chi connectivity index (χ4v) is 3.19. The fourth-order valence-electron chi connectivity index (χ4n) is 3.19. The number of imide groups is 6. The Kier molecular flexibility index (Phi) is 7.17. The van der Waals surface area contributed by atoms with Gasteiger partial charge in [0.25, 0.3) is 0 Å². The van der Waals surface area contributed by atoms with Gasteiger partial charge in [-0.1, -0.05) is 25.7 Å². The minimum atomic E-state index is -0.414. The molecule has 0 aromatic carbocycles. The predicted octanol–water partition coefficient (Wildman–Crippen LogP) is 1.46. The van der Waals surface area contributed by atoms with Crippen LogP contribution in [0.5, 0.6) is 0 Å². The van der Waals surface area contributed by atoms with Crippen molar-refractivity contribution >= 4 is 35.4 Å². The quantitative estimate of drug-likeness (QED) is 0.452. The molecule has 0 saturated carbocycles. The molecule has 8 heteroatoms. The summed E-state index contributed by atoms with van der Waals surface area (Å²) in [5, 5.41) is 0. The van der Waals surface area contributed by atoms with Crippen molar-refractivity contribution < 1.29 is 28.8 Å². The van der Waals surface area contributed by atoms with Gasteiger partial charge in [0.15, 0.2) is 0 Å². The number of likely N-dealkylation sites (tertiary alicyclic amines) is 2. The SMILES string of the molecule is O=C(CCCCCCCCC(=O)N1C(=O)CCC1=O)N1C(=O)CCC1=O. The number of hydrogen-bond acceptors (Lipinski definition) is 6. The van der Waals surface area contributed by atoms with Crippen molar-refractivity contribution in [3.63, 3.8) is 0 Å². The van der Waals surface area contributed by atoms with Gasteiger partial charge in [-0.2, -0.15) is 0 Å². The van der Waals surface area contributed by atoms with Crippen LogP contribution < -0.4 is 0 Å². The summed E-state index contributed by atoms with van der Waals surface area (Å²) in [7, 11) is 0. The molecule has 26 heavy (non-hydrogen) atoms. The van der Waals surface area contributed by atoms with E-state index in [0.29, 0.717) is 12.8 Å². The molecule has 0 aromatic rings. The minimum Gasteiger partial charge on any atom is -0.274 e. The summed E-state index contributed by atoms with van der Waals surface area (Å²) in [6.07, 6.45) is 5.47. The standard InChI is InChI=1S/C18H24N2O6/c21-13(19-15(23)9-10-16(19)24)7-5-3-1-2-4-6-8-14(22)20-17(25)11-12-18(20)26/h1-12H2. The second kappa shape index (κ2) is 9.35. The highest BCUT2D eigenvalue weighted by molar-refractivity contribution is 6.15. The highest BCUT2D eigenvalue weighted by Crippen LogP contribution is 2.17. The van der Waals surface area contributed by atoms with Gasteiger partial charge in [-0.05, 0) is 12.8 Å². The Bertz CT molecular complexity index is 541. The van der Waals surface area contributed by atoms with Crippen LogP contribution in [0.4, 0.5) is 0 Å². The van der Waals surface area contributed by atoms with Crippen LogP contribution in [0.15, 0.2) is 0 Å². The van der Waals surface area contributed by atoms with E-state index in [9.17, 15) is 28.8 Å². The average Bonchev–Trinajstić information content (AvgIpc) is 3.11. The van der Waals surface area contributed by atoms with E-state index >= 15 is 0 Å². The molecule has 2 heterocycles. The van der Waals surface area contributed by atoms with E-state index < -0.39 is 35.4 Å². The molecule has 2 rings (SSSR count). The zero-order valence-electron chi connectivity index (χ0n) is 14.8. The molecule has 2 saturated heterocycles. The summed E-state index contributed by atoms with van der Waals surface area (Å²) in [6, 6.07) is 0. The summed E-state index contributed by atoms with van der Waals surface area (Å²) in [6.45, 7) is 0. The highest BCUT2D eigenvalue weighted by Gasteiger charge is 2.34. The van der Waals surface area contributed by atoms with Gasteiger partial charge in [-0.15, -0.1) is 0 Å². The molecule has 0 unspecified atom stereocenters. The molecule has 0 atom stereocenters. The molecule has 2 aliphatic rings. The fraction of sp³-hybridized carbons (Fsp3) is 0.667. The first-order valence-electron chi connectivity index (χ1n) is 9.19. The van der Waals surface area contributed by atoms with E-state index in [2.05, 4.69) is 0 Å². The van der Waals surface area contributed by atoms with Crippen molar-refractivity contribution in [3.05, 3.63) is 0 Å². The van der Waals surface area contributed by atoms with Crippen LogP contribution in [0.1, 0.15) is 77.0 Å². The van der Waals surface area contributed by atoms with E-state index in [1.54, 1.807) is 0 Å². The van der Waals surface area contributed by atoms with Crippen molar-refractivity contribution in [2.24, 2.45) is 0 Å². The highest BCUT2D eigenvalue weighted by atomic mass is 16.2. The zero-order chi connectivity index (χ0) is 19.1. The minimum absolute atomic E-state index is 0.123. The number of rotatable bonds is 9. The third-order valence-corrected chi connectivity index (χ3v) is 4.63. The molecule has 0 spiro atoms. The van der Waals surface area contributed by atoms with Crippen LogP contribution in [0.2, 0.25) is 0 Å². The third-order valence-electron chi connectivity index (χ3n) is 4.63. The Morgan fingerprint density at radius 3 is 1.12 bits per heavy atom. The zero-order valence-corrected chi connectivity index (χ0v) is 14.8. The molecule has 142 valence electrons. The predicted molar refractivity (Wildman–Crippen MR) is 89.1 cm³/mol. The molecular weight excluding hydrogens is 340 g/mol. The number of carbonyl (C=O) groups excluding carboxylic acids is 6. The first-order valence-corrected chi connectivity index (χ1v) is 9.19. The van der Waals surface area contributed by atoms with Crippen molar-refractivity contribution in [3.8, 4) is 0 Å². The van der Waals surface area contributed by atoms with Crippen molar-refractivity contribution in [1.82, 2.24) is 9.80 Å². The summed E-state index contributed by atoms with van der Waals surface area (Å²) in [5.74, 6) is -2.44. The smallest absolute Gasteiger partial charge is 0.236 e. The van der Waals surface area contributed by atoms with Crippen molar-refractivity contribution in [2.45, 2.75) is 77.0 Å². The first kappa shape index (κ1) is 19.9. The average molecular weight is 364 g/mol. The van der Waals surface area contributed by atoms with Crippen LogP contribution in [0, 0.1) is 0 Å². The van der Waals surface area contributed by atoms with Gasteiger partial charge in [0.05, 0.1) is 0 Å². The largest absolute Gasteiger partial charge is 0.274 e. The van der Waals surface area contributed by atoms with Gasteiger partial charge in [0.2, 0.25) is 35.4 Å². The van der Waals surface area contributed by atoms with Gasteiger partial charge in [0.1, 0.15) is 0 Å². The molecule has 2 aliphatic heterocycles. The summed E-state index contributed by atoms with van der Waals surface area (Å²) >= 11 is 0. The maximum Gasteiger partial charge on any atom is 0.236 e. The number of hydrogen-bond donors (Lipinski definition) is 0. The second-order valence-corrected chi connectivity index (χ2v) is 6.65. The normalized spacial score (nSPS) is 17.5. The van der Waals surface area contributed by atoms with Gasteiger partial charge in [-0.3, -0.25) is 28.8 Å². The summed E-state index contributed by atoms with van der Waals surface area (Å²) in [5.41, 5.74) is 0. The molecule has 6 amide bonds. The van der Waals surface area contributed by atoms with E-state index in [1.807, 2.05) is 0 Å². The first-order chi connectivity index (χ1) is 12.4. The van der Waals surface area contributed by atoms with Crippen LogP contribution in [0.25, 0.3) is 0 Å². The Morgan fingerprint density at radius 2 is 0.808 bits per heavy atom. The van der Waals surface area contributed by atoms with Gasteiger partial charge in [-0.25, -0.2) is 9.80 Å². The Hall–Kier alpha value is -2.38. The summed E-state index contributed by atoms with van der Waals surface area (Å²) in [4.78, 5) is 71.0. The maximum absolute atomic E-state index is 11.8. The van der Waals surface area contributed by atoms with Crippen LogP contribution in [-0.4, -0.2) is 45.2 Å². The topological polar surface area (TPSA) is 109 Å². The van der Waals surface area contributed by atoms with E-state index in [1.165, 1.54) is 0 Å². The Labute approximate surface area is 151 Å². The molecule has 0 aromatic heterocycles. The number of amides is 6. The van der Waals surface area contributed by atoms with Gasteiger partial charge < -0.3 is 0 Å². The van der Waals surface area contributed by atoms with E-state index in [4.69, 9.17) is 0 Å². The van der Waals surface area contributed by atoms with Crippen LogP contribution >= 0.6 is 0 Å². The Morgan fingerprint density at radius 1 is 0.538 bits per heavy atom. The Balaban J connectivity index is 1.51. The molecule has 0 N–H and O–H groups in total. The number of unbranched alkanes of at least 4 members (excludes halogenated alkanes) is 5.